The summed E-state index contributed by atoms with van der Waals surface area (Å²) in [5.41, 5.74) is 0.956. The van der Waals surface area contributed by atoms with E-state index in [4.69, 9.17) is 11.6 Å². The lowest BCUT2D eigenvalue weighted by Crippen LogP contribution is -2.42. The topological polar surface area (TPSA) is 37.0 Å². The molecule has 0 amide bonds. The Morgan fingerprint density at radius 3 is 2.70 bits per heavy atom. The van der Waals surface area contributed by atoms with Crippen LogP contribution in [-0.4, -0.2) is 4.98 Å². The van der Waals surface area contributed by atoms with E-state index >= 15 is 0 Å². The van der Waals surface area contributed by atoms with Crippen LogP contribution in [0.15, 0.2) is 52.9 Å². The second-order valence-electron chi connectivity index (χ2n) is 6.37. The van der Waals surface area contributed by atoms with Gasteiger partial charge in [0.25, 0.3) is 0 Å². The van der Waals surface area contributed by atoms with Crippen molar-refractivity contribution < 1.29 is 8.78 Å². The zero-order chi connectivity index (χ0) is 18.9. The molecule has 0 bridgehead atoms. The molecule has 140 valence electrons. The van der Waals surface area contributed by atoms with Gasteiger partial charge in [-0.15, -0.1) is 11.3 Å². The lowest BCUT2D eigenvalue weighted by molar-refractivity contribution is 0.283. The number of hydrogen-bond acceptors (Lipinski definition) is 5. The Labute approximate surface area is 169 Å². The first kappa shape index (κ1) is 18.5. The van der Waals surface area contributed by atoms with E-state index in [2.05, 4.69) is 15.0 Å². The van der Waals surface area contributed by atoms with E-state index in [9.17, 15) is 8.78 Å². The molecule has 27 heavy (non-hydrogen) atoms. The number of rotatable bonds is 6. The summed E-state index contributed by atoms with van der Waals surface area (Å²) in [4.78, 5) is 4.48. The van der Waals surface area contributed by atoms with Crippen LogP contribution in [0.2, 0.25) is 5.02 Å². The van der Waals surface area contributed by atoms with Crippen molar-refractivity contribution in [3.05, 3.63) is 70.2 Å². The van der Waals surface area contributed by atoms with Crippen molar-refractivity contribution in [2.24, 2.45) is 0 Å². The quantitative estimate of drug-likeness (QED) is 0.433. The number of thiazole rings is 1. The lowest BCUT2D eigenvalue weighted by atomic mass is 9.71. The van der Waals surface area contributed by atoms with Gasteiger partial charge in [-0.1, -0.05) is 23.7 Å². The highest BCUT2D eigenvalue weighted by atomic mass is 35.5. The third-order valence-corrected chi connectivity index (χ3v) is 6.62. The molecule has 1 saturated carbocycles. The van der Waals surface area contributed by atoms with Crippen LogP contribution in [0.5, 0.6) is 0 Å². The number of nitrogens with one attached hydrogen (secondary N) is 2. The third kappa shape index (κ3) is 3.90. The van der Waals surface area contributed by atoms with Gasteiger partial charge in [0.1, 0.15) is 11.6 Å². The van der Waals surface area contributed by atoms with Gasteiger partial charge in [0.2, 0.25) is 0 Å². The summed E-state index contributed by atoms with van der Waals surface area (Å²) in [7, 11) is 0. The van der Waals surface area contributed by atoms with Crippen LogP contribution in [0.3, 0.4) is 0 Å². The van der Waals surface area contributed by atoms with Crippen LogP contribution in [0.25, 0.3) is 0 Å². The van der Waals surface area contributed by atoms with E-state index in [1.165, 1.54) is 29.5 Å². The molecule has 4 rings (SSSR count). The van der Waals surface area contributed by atoms with Gasteiger partial charge in [0.05, 0.1) is 21.1 Å². The maximum absolute atomic E-state index is 14.6. The fraction of sp³-hybridized carbons (Fsp3) is 0.211. The SMILES string of the molecule is Fc1cccc(C2(Nc3cc(F)c(SNc4nccs4)cc3Cl)CCC2)c1. The average molecular weight is 424 g/mol. The number of nitrogens with zero attached hydrogens (tertiary/aromatic N) is 1. The van der Waals surface area contributed by atoms with E-state index in [0.717, 1.165) is 36.8 Å². The summed E-state index contributed by atoms with van der Waals surface area (Å²) in [5, 5.41) is 6.31. The Balaban J connectivity index is 1.56. The Morgan fingerprint density at radius 2 is 2.04 bits per heavy atom. The lowest BCUT2D eigenvalue weighted by Gasteiger charge is -2.44. The molecule has 0 aliphatic heterocycles. The highest BCUT2D eigenvalue weighted by Crippen LogP contribution is 2.46. The molecule has 1 aliphatic carbocycles. The molecule has 0 unspecified atom stereocenters. The largest absolute Gasteiger partial charge is 0.374 e. The van der Waals surface area contributed by atoms with Crippen LogP contribution in [0, 0.1) is 11.6 Å². The van der Waals surface area contributed by atoms with E-state index < -0.39 is 5.54 Å². The molecule has 3 aromatic rings. The van der Waals surface area contributed by atoms with Crippen LogP contribution in [0.1, 0.15) is 24.8 Å². The van der Waals surface area contributed by atoms with Crippen LogP contribution >= 0.6 is 34.9 Å². The first-order chi connectivity index (χ1) is 13.1. The minimum absolute atomic E-state index is 0.280. The molecular formula is C19H16ClF2N3S2. The molecule has 0 radical (unpaired) electrons. The second-order valence-corrected chi connectivity index (χ2v) is 8.52. The van der Waals surface area contributed by atoms with Crippen molar-refractivity contribution in [3.8, 4) is 0 Å². The monoisotopic (exact) mass is 423 g/mol. The number of halogens is 3. The van der Waals surface area contributed by atoms with Gasteiger partial charge < -0.3 is 10.0 Å². The fourth-order valence-corrected chi connectivity index (χ4v) is 4.68. The van der Waals surface area contributed by atoms with Gasteiger partial charge in [-0.25, -0.2) is 13.8 Å². The van der Waals surface area contributed by atoms with E-state index in [1.54, 1.807) is 18.3 Å². The standard InChI is InChI=1S/C19H16ClF2N3S2/c20-14-10-17(27-25-18-23-7-8-26-18)15(22)11-16(14)24-19(5-2-6-19)12-3-1-4-13(21)9-12/h1,3-4,7-11,24H,2,5-6H2,(H,23,25). The maximum Gasteiger partial charge on any atom is 0.192 e. The van der Waals surface area contributed by atoms with Crippen molar-refractivity contribution >= 4 is 45.7 Å². The summed E-state index contributed by atoms with van der Waals surface area (Å²) in [5.74, 6) is -0.664. The van der Waals surface area contributed by atoms with Crippen LogP contribution < -0.4 is 10.0 Å². The summed E-state index contributed by atoms with van der Waals surface area (Å²) < 4.78 is 31.2. The first-order valence-corrected chi connectivity index (χ1v) is 10.5. The Kier molecular flexibility index (Phi) is 5.25. The van der Waals surface area contributed by atoms with Crippen molar-refractivity contribution in [1.82, 2.24) is 4.98 Å². The molecule has 8 heteroatoms. The van der Waals surface area contributed by atoms with Gasteiger partial charge in [-0.05, 0) is 61.0 Å². The molecule has 0 saturated heterocycles. The summed E-state index contributed by atoms with van der Waals surface area (Å²) in [6.45, 7) is 0. The number of anilines is 2. The predicted octanol–water partition coefficient (Wildman–Crippen LogP) is 6.69. The molecule has 1 heterocycles. The molecule has 1 aliphatic rings. The summed E-state index contributed by atoms with van der Waals surface area (Å²) in [6, 6.07) is 9.51. The highest BCUT2D eigenvalue weighted by Gasteiger charge is 2.39. The number of benzene rings is 2. The van der Waals surface area contributed by atoms with Crippen molar-refractivity contribution in [3.63, 3.8) is 0 Å². The van der Waals surface area contributed by atoms with Crippen molar-refractivity contribution in [1.29, 1.82) is 0 Å². The average Bonchev–Trinajstić information content (AvgIpc) is 3.13. The van der Waals surface area contributed by atoms with Gasteiger partial charge in [0.15, 0.2) is 5.13 Å². The minimum Gasteiger partial charge on any atom is -0.374 e. The molecular weight excluding hydrogens is 408 g/mol. The van der Waals surface area contributed by atoms with E-state index in [0.29, 0.717) is 20.7 Å². The smallest absolute Gasteiger partial charge is 0.192 e. The maximum atomic E-state index is 14.6. The molecule has 2 aromatic carbocycles. The van der Waals surface area contributed by atoms with E-state index in [-0.39, 0.29) is 11.6 Å². The fourth-order valence-electron chi connectivity index (χ4n) is 3.14. The van der Waals surface area contributed by atoms with Crippen molar-refractivity contribution in [2.75, 3.05) is 10.0 Å². The Hall–Kier alpha value is -1.83. The molecule has 1 aromatic heterocycles. The van der Waals surface area contributed by atoms with Gasteiger partial charge in [-0.2, -0.15) is 0 Å². The van der Waals surface area contributed by atoms with Gasteiger partial charge in [-0.3, -0.25) is 0 Å². The van der Waals surface area contributed by atoms with Crippen molar-refractivity contribution in [2.45, 2.75) is 29.7 Å². The van der Waals surface area contributed by atoms with Gasteiger partial charge >= 0.3 is 0 Å². The summed E-state index contributed by atoms with van der Waals surface area (Å²) >= 11 is 8.97. The van der Waals surface area contributed by atoms with Crippen LogP contribution in [-0.2, 0) is 5.54 Å². The zero-order valence-electron chi connectivity index (χ0n) is 14.1. The number of hydrogen-bond donors (Lipinski definition) is 2. The normalized spacial score (nSPS) is 15.2. The molecule has 0 atom stereocenters. The Bertz CT molecular complexity index is 946. The molecule has 2 N–H and O–H groups in total. The third-order valence-electron chi connectivity index (χ3n) is 4.66. The molecule has 3 nitrogen and oxygen atoms in total. The van der Waals surface area contributed by atoms with Gasteiger partial charge in [0, 0.05) is 11.6 Å². The highest BCUT2D eigenvalue weighted by molar-refractivity contribution is 8.00. The van der Waals surface area contributed by atoms with E-state index in [1.807, 2.05) is 11.4 Å². The minimum atomic E-state index is -0.411. The Morgan fingerprint density at radius 1 is 1.19 bits per heavy atom. The predicted molar refractivity (Wildman–Crippen MR) is 109 cm³/mol. The molecule has 0 spiro atoms. The summed E-state index contributed by atoms with van der Waals surface area (Å²) in [6.07, 6.45) is 4.39. The van der Waals surface area contributed by atoms with Crippen LogP contribution in [0.4, 0.5) is 19.6 Å². The molecule has 1 fully saturated rings. The first-order valence-electron chi connectivity index (χ1n) is 8.41. The number of aromatic nitrogens is 1. The second kappa shape index (κ2) is 7.66. The zero-order valence-corrected chi connectivity index (χ0v) is 16.5.